The van der Waals surface area contributed by atoms with E-state index in [1.165, 1.54) is 0 Å². The number of aryl methyl sites for hydroxylation is 2. The van der Waals surface area contributed by atoms with E-state index in [0.29, 0.717) is 6.04 Å². The number of aromatic nitrogens is 2. The fraction of sp³-hybridized carbons (Fsp3) is 0.333. The lowest BCUT2D eigenvalue weighted by atomic mass is 10.2. The number of nitrogens with zero attached hydrogens (tertiary/aromatic N) is 2. The van der Waals surface area contributed by atoms with Gasteiger partial charge in [-0.05, 0) is 44.9 Å². The van der Waals surface area contributed by atoms with Gasteiger partial charge >= 0.3 is 6.03 Å². The van der Waals surface area contributed by atoms with Crippen LogP contribution >= 0.6 is 0 Å². The molecule has 1 aromatic heterocycles. The summed E-state index contributed by atoms with van der Waals surface area (Å²) in [7, 11) is 0. The third-order valence-corrected chi connectivity index (χ3v) is 3.30. The Bertz CT molecular complexity index is 643. The van der Waals surface area contributed by atoms with Crippen molar-refractivity contribution < 1.29 is 4.79 Å². The van der Waals surface area contributed by atoms with Crippen LogP contribution in [0, 0.1) is 13.8 Å². The maximum Gasteiger partial charge on any atom is 0.319 e. The quantitative estimate of drug-likeness (QED) is 0.901. The van der Waals surface area contributed by atoms with Crippen LogP contribution in [0.5, 0.6) is 0 Å². The molecule has 1 aliphatic carbocycles. The number of carbonyl (C=O) groups is 1. The van der Waals surface area contributed by atoms with Gasteiger partial charge in [0.2, 0.25) is 0 Å². The lowest BCUT2D eigenvalue weighted by molar-refractivity contribution is 0.251. The van der Waals surface area contributed by atoms with Crippen molar-refractivity contribution in [2.24, 2.45) is 0 Å². The second-order valence-electron chi connectivity index (χ2n) is 5.23. The molecule has 1 aliphatic rings. The Morgan fingerprint density at radius 1 is 1.30 bits per heavy atom. The number of anilines is 1. The summed E-state index contributed by atoms with van der Waals surface area (Å²) in [5, 5.41) is 10.3. The number of nitrogens with one attached hydrogen (secondary N) is 2. The van der Waals surface area contributed by atoms with Gasteiger partial charge in [0, 0.05) is 11.7 Å². The van der Waals surface area contributed by atoms with E-state index in [1.807, 2.05) is 48.9 Å². The molecule has 3 rings (SSSR count). The molecule has 104 valence electrons. The summed E-state index contributed by atoms with van der Waals surface area (Å²) in [5.74, 6) is 0. The minimum Gasteiger partial charge on any atom is -0.335 e. The zero-order valence-corrected chi connectivity index (χ0v) is 11.7. The van der Waals surface area contributed by atoms with E-state index in [0.717, 1.165) is 35.6 Å². The number of benzene rings is 1. The largest absolute Gasteiger partial charge is 0.335 e. The predicted octanol–water partition coefficient (Wildman–Crippen LogP) is 2.77. The number of para-hydroxylation sites is 2. The summed E-state index contributed by atoms with van der Waals surface area (Å²) in [6.07, 6.45) is 2.15. The molecule has 1 aromatic carbocycles. The highest BCUT2D eigenvalue weighted by Crippen LogP contribution is 2.22. The average Bonchev–Trinajstić information content (AvgIpc) is 3.14. The molecular formula is C15H18N4O. The molecule has 1 heterocycles. The Kier molecular flexibility index (Phi) is 3.18. The zero-order valence-electron chi connectivity index (χ0n) is 11.7. The van der Waals surface area contributed by atoms with Gasteiger partial charge in [-0.1, -0.05) is 12.1 Å². The maximum atomic E-state index is 11.9. The normalized spacial score (nSPS) is 14.1. The molecule has 0 saturated heterocycles. The molecule has 1 saturated carbocycles. The summed E-state index contributed by atoms with van der Waals surface area (Å²) in [6, 6.07) is 9.89. The Hall–Kier alpha value is -2.30. The molecule has 2 amide bonds. The van der Waals surface area contributed by atoms with Crippen LogP contribution in [0.3, 0.4) is 0 Å². The standard InChI is InChI=1S/C15H18N4O/c1-10-9-11(2)19(18-10)14-6-4-3-5-13(14)17-15(20)16-12-7-8-12/h3-6,9,12H,7-8H2,1-2H3,(H2,16,17,20). The molecule has 1 fully saturated rings. The Balaban J connectivity index is 1.87. The van der Waals surface area contributed by atoms with Crippen molar-refractivity contribution in [3.8, 4) is 5.69 Å². The second kappa shape index (κ2) is 5.00. The number of hydrogen-bond donors (Lipinski definition) is 2. The van der Waals surface area contributed by atoms with E-state index in [-0.39, 0.29) is 6.03 Å². The van der Waals surface area contributed by atoms with Crippen molar-refractivity contribution in [1.29, 1.82) is 0 Å². The topological polar surface area (TPSA) is 59.0 Å². The van der Waals surface area contributed by atoms with Gasteiger partial charge in [-0.25, -0.2) is 9.48 Å². The number of carbonyl (C=O) groups excluding carboxylic acids is 1. The van der Waals surface area contributed by atoms with E-state index in [9.17, 15) is 4.79 Å². The summed E-state index contributed by atoms with van der Waals surface area (Å²) in [4.78, 5) is 11.9. The Labute approximate surface area is 118 Å². The molecule has 0 radical (unpaired) electrons. The first kappa shape index (κ1) is 12.7. The van der Waals surface area contributed by atoms with Crippen molar-refractivity contribution in [1.82, 2.24) is 15.1 Å². The highest BCUT2D eigenvalue weighted by Gasteiger charge is 2.23. The zero-order chi connectivity index (χ0) is 14.1. The van der Waals surface area contributed by atoms with E-state index in [2.05, 4.69) is 15.7 Å². The number of amides is 2. The average molecular weight is 270 g/mol. The smallest absolute Gasteiger partial charge is 0.319 e. The van der Waals surface area contributed by atoms with Gasteiger partial charge in [-0.3, -0.25) is 0 Å². The van der Waals surface area contributed by atoms with Gasteiger partial charge in [-0.15, -0.1) is 0 Å². The number of hydrogen-bond acceptors (Lipinski definition) is 2. The summed E-state index contributed by atoms with van der Waals surface area (Å²) >= 11 is 0. The second-order valence-corrected chi connectivity index (χ2v) is 5.23. The molecule has 2 aromatic rings. The lowest BCUT2D eigenvalue weighted by Crippen LogP contribution is -2.30. The van der Waals surface area contributed by atoms with Crippen molar-refractivity contribution in [2.75, 3.05) is 5.32 Å². The molecule has 20 heavy (non-hydrogen) atoms. The van der Waals surface area contributed by atoms with Gasteiger partial charge in [0.25, 0.3) is 0 Å². The van der Waals surface area contributed by atoms with Gasteiger partial charge in [0.05, 0.1) is 17.1 Å². The van der Waals surface area contributed by atoms with Crippen LogP contribution in [0.4, 0.5) is 10.5 Å². The molecular weight excluding hydrogens is 252 g/mol. The van der Waals surface area contributed by atoms with E-state index in [4.69, 9.17) is 0 Å². The van der Waals surface area contributed by atoms with Gasteiger partial charge in [-0.2, -0.15) is 5.10 Å². The molecule has 5 nitrogen and oxygen atoms in total. The lowest BCUT2D eigenvalue weighted by Gasteiger charge is -2.12. The van der Waals surface area contributed by atoms with Gasteiger partial charge in [0.15, 0.2) is 0 Å². The van der Waals surface area contributed by atoms with Crippen LogP contribution in [-0.2, 0) is 0 Å². The van der Waals surface area contributed by atoms with Crippen molar-refractivity contribution in [3.63, 3.8) is 0 Å². The summed E-state index contributed by atoms with van der Waals surface area (Å²) in [5.41, 5.74) is 3.64. The van der Waals surface area contributed by atoms with Crippen LogP contribution < -0.4 is 10.6 Å². The van der Waals surface area contributed by atoms with Gasteiger partial charge < -0.3 is 10.6 Å². The fourth-order valence-electron chi connectivity index (χ4n) is 2.21. The van der Waals surface area contributed by atoms with Crippen LogP contribution in [0.25, 0.3) is 5.69 Å². The molecule has 0 atom stereocenters. The number of urea groups is 1. The molecule has 0 bridgehead atoms. The Morgan fingerprint density at radius 3 is 2.70 bits per heavy atom. The van der Waals surface area contributed by atoms with E-state index < -0.39 is 0 Å². The molecule has 2 N–H and O–H groups in total. The van der Waals surface area contributed by atoms with Crippen LogP contribution in [0.1, 0.15) is 24.2 Å². The van der Waals surface area contributed by atoms with Gasteiger partial charge in [0.1, 0.15) is 0 Å². The first-order valence-electron chi connectivity index (χ1n) is 6.83. The monoisotopic (exact) mass is 270 g/mol. The van der Waals surface area contributed by atoms with Crippen LogP contribution in [-0.4, -0.2) is 21.9 Å². The Morgan fingerprint density at radius 2 is 2.05 bits per heavy atom. The van der Waals surface area contributed by atoms with Crippen LogP contribution in [0.2, 0.25) is 0 Å². The molecule has 5 heteroatoms. The molecule has 0 unspecified atom stereocenters. The minimum absolute atomic E-state index is 0.151. The highest BCUT2D eigenvalue weighted by molar-refractivity contribution is 5.91. The number of rotatable bonds is 3. The highest BCUT2D eigenvalue weighted by atomic mass is 16.2. The van der Waals surface area contributed by atoms with E-state index in [1.54, 1.807) is 0 Å². The van der Waals surface area contributed by atoms with Crippen molar-refractivity contribution in [3.05, 3.63) is 41.7 Å². The fourth-order valence-corrected chi connectivity index (χ4v) is 2.21. The minimum atomic E-state index is -0.151. The van der Waals surface area contributed by atoms with Crippen molar-refractivity contribution >= 4 is 11.7 Å². The first-order chi connectivity index (χ1) is 9.63. The predicted molar refractivity (Wildman–Crippen MR) is 78.2 cm³/mol. The first-order valence-corrected chi connectivity index (χ1v) is 6.83. The van der Waals surface area contributed by atoms with E-state index >= 15 is 0 Å². The molecule has 0 spiro atoms. The molecule has 0 aliphatic heterocycles. The SMILES string of the molecule is Cc1cc(C)n(-c2ccccc2NC(=O)NC2CC2)n1. The third-order valence-electron chi connectivity index (χ3n) is 3.30. The van der Waals surface area contributed by atoms with Crippen LogP contribution in [0.15, 0.2) is 30.3 Å². The third kappa shape index (κ3) is 2.66. The maximum absolute atomic E-state index is 11.9. The van der Waals surface area contributed by atoms with Crippen molar-refractivity contribution in [2.45, 2.75) is 32.7 Å². The summed E-state index contributed by atoms with van der Waals surface area (Å²) in [6.45, 7) is 3.96. The summed E-state index contributed by atoms with van der Waals surface area (Å²) < 4.78 is 1.85.